The molecule has 6 nitrogen and oxygen atoms in total. The van der Waals surface area contributed by atoms with E-state index in [0.29, 0.717) is 0 Å². The lowest BCUT2D eigenvalue weighted by Gasteiger charge is -2.26. The number of thiol groups is 1. The van der Waals surface area contributed by atoms with E-state index in [1.165, 1.54) is 25.9 Å². The van der Waals surface area contributed by atoms with Gasteiger partial charge in [-0.25, -0.2) is 0 Å². The summed E-state index contributed by atoms with van der Waals surface area (Å²) in [6.07, 6.45) is 4.63. The van der Waals surface area contributed by atoms with Crippen molar-refractivity contribution in [3.63, 3.8) is 0 Å². The summed E-state index contributed by atoms with van der Waals surface area (Å²) in [7, 11) is 0. The highest BCUT2D eigenvalue weighted by Gasteiger charge is 2.06. The molecule has 23 heavy (non-hydrogen) atoms. The maximum absolute atomic E-state index is 5.38. The summed E-state index contributed by atoms with van der Waals surface area (Å²) in [5.41, 5.74) is 10.8. The molecule has 0 radical (unpaired) electrons. The summed E-state index contributed by atoms with van der Waals surface area (Å²) in [6, 6.07) is 0. The van der Waals surface area contributed by atoms with Crippen molar-refractivity contribution in [3.8, 4) is 0 Å². The largest absolute Gasteiger partial charge is 0.330 e. The van der Waals surface area contributed by atoms with Gasteiger partial charge in [0.25, 0.3) is 0 Å². The molecule has 0 bridgehead atoms. The van der Waals surface area contributed by atoms with Crippen LogP contribution >= 0.6 is 12.6 Å². The van der Waals surface area contributed by atoms with Crippen molar-refractivity contribution in [2.75, 3.05) is 77.7 Å². The van der Waals surface area contributed by atoms with Crippen molar-refractivity contribution in [3.05, 3.63) is 0 Å². The van der Waals surface area contributed by atoms with Gasteiger partial charge in [0.05, 0.1) is 0 Å². The van der Waals surface area contributed by atoms with E-state index in [2.05, 4.69) is 33.5 Å². The molecule has 0 aromatic heterocycles. The van der Waals surface area contributed by atoms with Crippen molar-refractivity contribution >= 4 is 12.6 Å². The molecule has 1 fully saturated rings. The first-order chi connectivity index (χ1) is 11.3. The van der Waals surface area contributed by atoms with Crippen molar-refractivity contribution in [2.45, 2.75) is 25.7 Å². The Morgan fingerprint density at radius 1 is 0.826 bits per heavy atom. The molecule has 1 aliphatic heterocycles. The first kappa shape index (κ1) is 23.1. The molecule has 0 atom stereocenters. The lowest BCUT2D eigenvalue weighted by Crippen LogP contribution is -2.44. The van der Waals surface area contributed by atoms with Gasteiger partial charge in [0.2, 0.25) is 0 Å². The number of hydrogen-bond acceptors (Lipinski definition) is 7. The highest BCUT2D eigenvalue weighted by atomic mass is 32.1. The van der Waals surface area contributed by atoms with Gasteiger partial charge < -0.3 is 32.3 Å². The van der Waals surface area contributed by atoms with Crippen LogP contribution in [-0.4, -0.2) is 82.6 Å². The van der Waals surface area contributed by atoms with Crippen molar-refractivity contribution in [1.82, 2.24) is 20.9 Å². The molecule has 0 amide bonds. The standard InChI is InChI=1S/C10H26N4.C6H14N2S/c11-5-3-9-13-7-1-2-8-14-10-4-6-12;9-6-5-8-3-1-7-2-4-8/h13-14H,1-12H2;7,9H,1-6H2. The summed E-state index contributed by atoms with van der Waals surface area (Å²) < 4.78 is 0. The molecule has 1 rings (SSSR count). The Morgan fingerprint density at radius 3 is 1.74 bits per heavy atom. The maximum atomic E-state index is 5.38. The number of piperazine rings is 1. The minimum Gasteiger partial charge on any atom is -0.330 e. The Morgan fingerprint density at radius 2 is 1.30 bits per heavy atom. The summed E-state index contributed by atoms with van der Waals surface area (Å²) in [4.78, 5) is 2.43. The van der Waals surface area contributed by atoms with Gasteiger partial charge in [0, 0.05) is 38.5 Å². The third-order valence-electron chi connectivity index (χ3n) is 3.70. The van der Waals surface area contributed by atoms with Crippen molar-refractivity contribution in [1.29, 1.82) is 0 Å². The smallest absolute Gasteiger partial charge is 0.0108 e. The minimum atomic E-state index is 0.785. The second-order valence-corrected chi connectivity index (χ2v) is 6.25. The molecule has 0 spiro atoms. The zero-order chi connectivity index (χ0) is 17.0. The molecular formula is C16H40N6S. The third kappa shape index (κ3) is 18.3. The Bertz CT molecular complexity index is 200. The second-order valence-electron chi connectivity index (χ2n) is 5.81. The number of rotatable bonds is 13. The summed E-state index contributed by atoms with van der Waals surface area (Å²) in [5.74, 6) is 0.986. The normalized spacial score (nSPS) is 15.3. The molecule has 0 saturated carbocycles. The van der Waals surface area contributed by atoms with Crippen LogP contribution in [-0.2, 0) is 0 Å². The van der Waals surface area contributed by atoms with E-state index in [9.17, 15) is 0 Å². The van der Waals surface area contributed by atoms with E-state index in [0.717, 1.165) is 77.5 Å². The van der Waals surface area contributed by atoms with Gasteiger partial charge in [-0.2, -0.15) is 12.6 Å². The lowest BCUT2D eigenvalue weighted by atomic mass is 10.3. The van der Waals surface area contributed by atoms with Gasteiger partial charge in [0.1, 0.15) is 0 Å². The lowest BCUT2D eigenvalue weighted by molar-refractivity contribution is 0.255. The molecule has 0 unspecified atom stereocenters. The molecule has 140 valence electrons. The summed E-state index contributed by atoms with van der Waals surface area (Å²) >= 11 is 4.17. The topological polar surface area (TPSA) is 91.4 Å². The van der Waals surface area contributed by atoms with Gasteiger partial charge in [0.15, 0.2) is 0 Å². The van der Waals surface area contributed by atoms with E-state index in [4.69, 9.17) is 11.5 Å². The zero-order valence-electron chi connectivity index (χ0n) is 14.9. The number of nitrogens with zero attached hydrogens (tertiary/aromatic N) is 1. The Kier molecular flexibility index (Phi) is 20.3. The van der Waals surface area contributed by atoms with E-state index in [-0.39, 0.29) is 0 Å². The van der Waals surface area contributed by atoms with Crippen molar-refractivity contribution < 1.29 is 0 Å². The molecule has 1 aliphatic rings. The van der Waals surface area contributed by atoms with Gasteiger partial charge in [-0.3, -0.25) is 0 Å². The molecule has 1 saturated heterocycles. The van der Waals surface area contributed by atoms with Crippen LogP contribution in [0.1, 0.15) is 25.7 Å². The fourth-order valence-electron chi connectivity index (χ4n) is 2.28. The molecule has 7 heteroatoms. The number of nitrogens with one attached hydrogen (secondary N) is 3. The Labute approximate surface area is 148 Å². The molecule has 1 heterocycles. The average molecular weight is 349 g/mol. The van der Waals surface area contributed by atoms with Crippen LogP contribution in [0.15, 0.2) is 0 Å². The van der Waals surface area contributed by atoms with Gasteiger partial charge in [-0.15, -0.1) is 0 Å². The number of nitrogens with two attached hydrogens (primary N) is 2. The molecular weight excluding hydrogens is 308 g/mol. The van der Waals surface area contributed by atoms with E-state index >= 15 is 0 Å². The molecule has 0 aromatic rings. The van der Waals surface area contributed by atoms with E-state index in [1.807, 2.05) is 0 Å². The van der Waals surface area contributed by atoms with Crippen LogP contribution in [0.25, 0.3) is 0 Å². The maximum Gasteiger partial charge on any atom is 0.0108 e. The first-order valence-electron chi connectivity index (χ1n) is 9.20. The summed E-state index contributed by atoms with van der Waals surface area (Å²) in [6.45, 7) is 11.7. The minimum absolute atomic E-state index is 0.785. The highest BCUT2D eigenvalue weighted by Crippen LogP contribution is 1.91. The second kappa shape index (κ2) is 20.2. The zero-order valence-corrected chi connectivity index (χ0v) is 15.8. The summed E-state index contributed by atoms with van der Waals surface area (Å²) in [5, 5.41) is 10.0. The highest BCUT2D eigenvalue weighted by molar-refractivity contribution is 7.80. The molecule has 0 aliphatic carbocycles. The SMILES string of the molecule is NCCCNCCCCNCCCN.SCCN1CCNCC1. The number of unbranched alkanes of at least 4 members (excludes halogenated alkanes) is 1. The van der Waals surface area contributed by atoms with E-state index < -0.39 is 0 Å². The van der Waals surface area contributed by atoms with Crippen LogP contribution in [0, 0.1) is 0 Å². The quantitative estimate of drug-likeness (QED) is 0.198. The van der Waals surface area contributed by atoms with Crippen molar-refractivity contribution in [2.24, 2.45) is 11.5 Å². The van der Waals surface area contributed by atoms with Crippen LogP contribution < -0.4 is 27.4 Å². The fourth-order valence-corrected chi connectivity index (χ4v) is 2.56. The van der Waals surface area contributed by atoms with Crippen LogP contribution in [0.3, 0.4) is 0 Å². The van der Waals surface area contributed by atoms with Crippen LogP contribution in [0.4, 0.5) is 0 Å². The van der Waals surface area contributed by atoms with Crippen LogP contribution in [0.2, 0.25) is 0 Å². The fraction of sp³-hybridized carbons (Fsp3) is 1.00. The Balaban J connectivity index is 0.000000459. The first-order valence-corrected chi connectivity index (χ1v) is 9.84. The number of hydrogen-bond donors (Lipinski definition) is 6. The molecule has 0 aromatic carbocycles. The van der Waals surface area contributed by atoms with Gasteiger partial charge >= 0.3 is 0 Å². The Hall–Kier alpha value is 0.110. The predicted molar refractivity (Wildman–Crippen MR) is 105 cm³/mol. The van der Waals surface area contributed by atoms with Gasteiger partial charge in [-0.1, -0.05) is 0 Å². The van der Waals surface area contributed by atoms with Gasteiger partial charge in [-0.05, 0) is 65.0 Å². The van der Waals surface area contributed by atoms with E-state index in [1.54, 1.807) is 0 Å². The third-order valence-corrected chi connectivity index (χ3v) is 3.90. The van der Waals surface area contributed by atoms with Crippen LogP contribution in [0.5, 0.6) is 0 Å². The monoisotopic (exact) mass is 348 g/mol. The predicted octanol–water partition coefficient (Wildman–Crippen LogP) is -0.535. The molecule has 7 N–H and O–H groups in total. The average Bonchev–Trinajstić information content (AvgIpc) is 2.58.